The molecule has 0 atom stereocenters. The van der Waals surface area contributed by atoms with Crippen molar-refractivity contribution in [1.82, 2.24) is 0 Å². The highest BCUT2D eigenvalue weighted by Gasteiger charge is 2.12. The molecule has 0 heterocycles. The van der Waals surface area contributed by atoms with Gasteiger partial charge in [0.25, 0.3) is 0 Å². The summed E-state index contributed by atoms with van der Waals surface area (Å²) in [6, 6.07) is 10.2. The minimum absolute atomic E-state index is 0.154. The summed E-state index contributed by atoms with van der Waals surface area (Å²) in [5, 5.41) is 0. The van der Waals surface area contributed by atoms with Crippen LogP contribution in [-0.4, -0.2) is 24.9 Å². The van der Waals surface area contributed by atoms with Gasteiger partial charge in [-0.3, -0.25) is 0 Å². The molecule has 0 spiro atoms. The number of halogens is 1. The van der Waals surface area contributed by atoms with Gasteiger partial charge in [-0.2, -0.15) is 0 Å². The second-order valence-corrected chi connectivity index (χ2v) is 5.62. The first kappa shape index (κ1) is 21.4. The summed E-state index contributed by atoms with van der Waals surface area (Å²) < 4.78 is 33.0. The van der Waals surface area contributed by atoms with Crippen LogP contribution >= 0.6 is 0 Å². The molecule has 0 aliphatic heterocycles. The van der Waals surface area contributed by atoms with Crippen LogP contribution in [0.5, 0.6) is 11.5 Å². The van der Waals surface area contributed by atoms with Gasteiger partial charge < -0.3 is 18.9 Å². The van der Waals surface area contributed by atoms with Crippen LogP contribution in [0.15, 0.2) is 67.3 Å². The molecule has 0 bridgehead atoms. The number of benzene rings is 2. The number of carbonyl (C=O) groups excluding carboxylic acids is 3. The van der Waals surface area contributed by atoms with E-state index in [1.54, 1.807) is 18.2 Å². The molecule has 150 valence electrons. The van der Waals surface area contributed by atoms with E-state index in [4.69, 9.17) is 9.47 Å². The summed E-state index contributed by atoms with van der Waals surface area (Å²) in [5.74, 6) is -2.21. The number of carbonyl (C=O) groups is 3. The maximum Gasteiger partial charge on any atom is 0.516 e. The minimum atomic E-state index is -1.07. The predicted octanol–water partition coefficient (Wildman–Crippen LogP) is 4.18. The second-order valence-electron chi connectivity index (χ2n) is 5.62. The molecular formula is C21H17FO7. The lowest BCUT2D eigenvalue weighted by atomic mass is 10.1. The topological polar surface area (TPSA) is 88.1 Å². The van der Waals surface area contributed by atoms with Crippen LogP contribution in [0.3, 0.4) is 0 Å². The number of rotatable bonds is 7. The first-order chi connectivity index (χ1) is 13.8. The van der Waals surface area contributed by atoms with Gasteiger partial charge in [0, 0.05) is 11.6 Å². The van der Waals surface area contributed by atoms with Crippen molar-refractivity contribution in [3.05, 3.63) is 73.1 Å². The van der Waals surface area contributed by atoms with E-state index in [-0.39, 0.29) is 17.1 Å². The van der Waals surface area contributed by atoms with E-state index in [1.165, 1.54) is 31.2 Å². The minimum Gasteiger partial charge on any atom is -0.425 e. The van der Waals surface area contributed by atoms with Gasteiger partial charge >= 0.3 is 18.1 Å². The zero-order valence-corrected chi connectivity index (χ0v) is 15.5. The number of hydrogen-bond acceptors (Lipinski definition) is 7. The van der Waals surface area contributed by atoms with Gasteiger partial charge in [-0.15, -0.1) is 0 Å². The Kier molecular flexibility index (Phi) is 7.25. The zero-order chi connectivity index (χ0) is 21.4. The molecule has 29 heavy (non-hydrogen) atoms. The van der Waals surface area contributed by atoms with Crippen molar-refractivity contribution in [2.75, 3.05) is 6.79 Å². The van der Waals surface area contributed by atoms with Gasteiger partial charge in [-0.1, -0.05) is 31.4 Å². The SMILES string of the molecule is C=CC(=O)OCOC(=O)Oc1ccc(-c2ccc(OC(=O)C(=C)C)c(F)c2)cc1. The molecule has 8 heteroatoms. The van der Waals surface area contributed by atoms with Gasteiger partial charge in [0.05, 0.1) is 0 Å². The smallest absolute Gasteiger partial charge is 0.425 e. The van der Waals surface area contributed by atoms with E-state index in [1.807, 2.05) is 0 Å². The fourth-order valence-corrected chi connectivity index (χ4v) is 1.99. The number of hydrogen-bond donors (Lipinski definition) is 0. The van der Waals surface area contributed by atoms with Crippen molar-refractivity contribution in [3.63, 3.8) is 0 Å². The Bertz CT molecular complexity index is 948. The summed E-state index contributed by atoms with van der Waals surface area (Å²) in [6.07, 6.45) is -0.142. The molecular weight excluding hydrogens is 383 g/mol. The van der Waals surface area contributed by atoms with Gasteiger partial charge in [0.2, 0.25) is 6.79 Å². The fourth-order valence-electron chi connectivity index (χ4n) is 1.99. The van der Waals surface area contributed by atoms with Gasteiger partial charge in [-0.05, 0) is 42.3 Å². The molecule has 0 N–H and O–H groups in total. The lowest BCUT2D eigenvalue weighted by Gasteiger charge is -2.09. The van der Waals surface area contributed by atoms with Crippen molar-refractivity contribution in [2.45, 2.75) is 6.92 Å². The van der Waals surface area contributed by atoms with Crippen LogP contribution in [0.4, 0.5) is 9.18 Å². The fraction of sp³-hybridized carbons (Fsp3) is 0.0952. The quantitative estimate of drug-likeness (QED) is 0.227. The highest BCUT2D eigenvalue weighted by Crippen LogP contribution is 2.27. The lowest BCUT2D eigenvalue weighted by Crippen LogP contribution is -2.14. The van der Waals surface area contributed by atoms with E-state index in [0.29, 0.717) is 11.1 Å². The van der Waals surface area contributed by atoms with E-state index in [2.05, 4.69) is 22.6 Å². The normalized spacial score (nSPS) is 9.86. The average Bonchev–Trinajstić information content (AvgIpc) is 2.69. The van der Waals surface area contributed by atoms with Crippen molar-refractivity contribution >= 4 is 18.1 Å². The Morgan fingerprint density at radius 1 is 1.00 bits per heavy atom. The molecule has 0 saturated heterocycles. The van der Waals surface area contributed by atoms with Crippen molar-refractivity contribution < 1.29 is 37.7 Å². The van der Waals surface area contributed by atoms with Crippen LogP contribution in [0.1, 0.15) is 6.92 Å². The Balaban J connectivity index is 1.99. The molecule has 0 unspecified atom stereocenters. The largest absolute Gasteiger partial charge is 0.516 e. The van der Waals surface area contributed by atoms with Crippen LogP contribution in [0, 0.1) is 5.82 Å². The summed E-state index contributed by atoms with van der Waals surface area (Å²) in [5.41, 5.74) is 1.30. The second kappa shape index (κ2) is 9.84. The van der Waals surface area contributed by atoms with Crippen LogP contribution in [0.25, 0.3) is 11.1 Å². The summed E-state index contributed by atoms with van der Waals surface area (Å²) in [4.78, 5) is 33.8. The van der Waals surface area contributed by atoms with Gasteiger partial charge in [0.1, 0.15) is 5.75 Å². The van der Waals surface area contributed by atoms with Crippen LogP contribution < -0.4 is 9.47 Å². The molecule has 7 nitrogen and oxygen atoms in total. The number of ether oxygens (including phenoxy) is 4. The molecule has 2 aromatic carbocycles. The summed E-state index contributed by atoms with van der Waals surface area (Å²) in [6.45, 7) is 7.48. The Hall–Kier alpha value is -3.94. The third-order valence-electron chi connectivity index (χ3n) is 3.42. The first-order valence-electron chi connectivity index (χ1n) is 8.21. The van der Waals surface area contributed by atoms with Crippen molar-refractivity contribution in [3.8, 4) is 22.6 Å². The summed E-state index contributed by atoms with van der Waals surface area (Å²) in [7, 11) is 0. The molecule has 0 fully saturated rings. The molecule has 2 aromatic rings. The van der Waals surface area contributed by atoms with Crippen LogP contribution in [-0.2, 0) is 19.1 Å². The van der Waals surface area contributed by atoms with Gasteiger partial charge in [0.15, 0.2) is 11.6 Å². The highest BCUT2D eigenvalue weighted by molar-refractivity contribution is 5.88. The van der Waals surface area contributed by atoms with Crippen LogP contribution in [0.2, 0.25) is 0 Å². The molecule has 0 amide bonds. The molecule has 2 rings (SSSR count). The Morgan fingerprint density at radius 3 is 2.24 bits per heavy atom. The van der Waals surface area contributed by atoms with Crippen molar-refractivity contribution in [1.29, 1.82) is 0 Å². The third-order valence-corrected chi connectivity index (χ3v) is 3.42. The Morgan fingerprint density at radius 2 is 1.66 bits per heavy atom. The summed E-state index contributed by atoms with van der Waals surface area (Å²) >= 11 is 0. The van der Waals surface area contributed by atoms with E-state index in [9.17, 15) is 18.8 Å². The maximum atomic E-state index is 14.2. The van der Waals surface area contributed by atoms with Crippen molar-refractivity contribution in [2.24, 2.45) is 0 Å². The van der Waals surface area contributed by atoms with E-state index >= 15 is 0 Å². The lowest BCUT2D eigenvalue weighted by molar-refractivity contribution is -0.146. The number of esters is 2. The average molecular weight is 400 g/mol. The molecule has 0 radical (unpaired) electrons. The molecule has 0 saturated carbocycles. The molecule has 0 aromatic heterocycles. The van der Waals surface area contributed by atoms with E-state index < -0.39 is 30.7 Å². The predicted molar refractivity (Wildman–Crippen MR) is 101 cm³/mol. The molecule has 0 aliphatic carbocycles. The van der Waals surface area contributed by atoms with E-state index in [0.717, 1.165) is 6.08 Å². The molecule has 0 aliphatic rings. The Labute approximate surface area is 165 Å². The first-order valence-corrected chi connectivity index (χ1v) is 8.21. The monoisotopic (exact) mass is 400 g/mol. The highest BCUT2D eigenvalue weighted by atomic mass is 19.1. The maximum absolute atomic E-state index is 14.2. The zero-order valence-electron chi connectivity index (χ0n) is 15.5. The van der Waals surface area contributed by atoms with Gasteiger partial charge in [-0.25, -0.2) is 18.8 Å². The standard InChI is InChI=1S/C21H17FO7/c1-4-19(23)26-12-27-21(25)28-16-8-5-14(6-9-16)15-7-10-18(17(22)11-15)29-20(24)13(2)3/h4-11H,1-2,12H2,3H3. The third kappa shape index (κ3) is 6.31.